The smallest absolute Gasteiger partial charge is 0.244 e. The first kappa shape index (κ1) is 25.1. The fraction of sp³-hybridized carbons (Fsp3) is 0.310. The number of amides is 1. The van der Waals surface area contributed by atoms with Crippen molar-refractivity contribution in [3.63, 3.8) is 0 Å². The minimum Gasteiger partial charge on any atom is -0.494 e. The molecule has 0 aliphatic carbocycles. The van der Waals surface area contributed by atoms with Gasteiger partial charge in [-0.3, -0.25) is 4.79 Å². The Morgan fingerprint density at radius 1 is 1.17 bits per heavy atom. The van der Waals surface area contributed by atoms with Gasteiger partial charge in [0.1, 0.15) is 17.1 Å². The Morgan fingerprint density at radius 3 is 2.64 bits per heavy atom. The maximum atomic E-state index is 12.7. The lowest BCUT2D eigenvalue weighted by molar-refractivity contribution is -0.116. The molecule has 2 heterocycles. The van der Waals surface area contributed by atoms with Crippen molar-refractivity contribution in [2.45, 2.75) is 40.7 Å². The number of hydrogen-bond donors (Lipinski definition) is 1. The lowest BCUT2D eigenvalue weighted by atomic mass is 9.96. The minimum absolute atomic E-state index is 0.128. The summed E-state index contributed by atoms with van der Waals surface area (Å²) in [6.45, 7) is 10.4. The standard InChI is InChI=1S/C29H33N3O4/c1-5-34-23-10-8-22(9-11-23)26-18-36-29-21(4)28(35-6-2)24(17-25(26)29)20(3)16-27(33)31-12-7-14-32-15-13-30-19-32/h8-11,13,15-19H,5-7,12,14H2,1-4H3,(H,31,33)/b20-16+. The van der Waals surface area contributed by atoms with Crippen LogP contribution in [0.1, 0.15) is 38.3 Å². The number of hydrogen-bond acceptors (Lipinski definition) is 5. The van der Waals surface area contributed by atoms with E-state index in [0.717, 1.165) is 63.3 Å². The molecule has 0 bridgehead atoms. The molecule has 0 spiro atoms. The predicted molar refractivity (Wildman–Crippen MR) is 142 cm³/mol. The number of fused-ring (bicyclic) bond motifs is 1. The van der Waals surface area contributed by atoms with E-state index in [0.29, 0.717) is 19.8 Å². The molecule has 36 heavy (non-hydrogen) atoms. The number of carbonyl (C=O) groups is 1. The lowest BCUT2D eigenvalue weighted by Crippen LogP contribution is -2.23. The normalized spacial score (nSPS) is 11.6. The zero-order chi connectivity index (χ0) is 25.5. The van der Waals surface area contributed by atoms with Gasteiger partial charge in [-0.25, -0.2) is 4.98 Å². The monoisotopic (exact) mass is 487 g/mol. The number of rotatable bonds is 11. The molecule has 188 valence electrons. The van der Waals surface area contributed by atoms with Crippen LogP contribution < -0.4 is 14.8 Å². The number of nitrogens with one attached hydrogen (secondary N) is 1. The van der Waals surface area contributed by atoms with Crippen molar-refractivity contribution in [2.24, 2.45) is 0 Å². The van der Waals surface area contributed by atoms with Crippen molar-refractivity contribution < 1.29 is 18.7 Å². The van der Waals surface area contributed by atoms with Gasteiger partial charge in [0.25, 0.3) is 0 Å². The van der Waals surface area contributed by atoms with E-state index in [2.05, 4.69) is 16.4 Å². The molecule has 7 nitrogen and oxygen atoms in total. The van der Waals surface area contributed by atoms with E-state index < -0.39 is 0 Å². The number of carbonyl (C=O) groups excluding carboxylic acids is 1. The van der Waals surface area contributed by atoms with Crippen LogP contribution in [0.4, 0.5) is 0 Å². The van der Waals surface area contributed by atoms with Crippen LogP contribution in [0, 0.1) is 6.92 Å². The zero-order valence-corrected chi connectivity index (χ0v) is 21.3. The number of ether oxygens (including phenoxy) is 2. The van der Waals surface area contributed by atoms with Gasteiger partial charge in [-0.1, -0.05) is 12.1 Å². The van der Waals surface area contributed by atoms with Gasteiger partial charge < -0.3 is 23.8 Å². The lowest BCUT2D eigenvalue weighted by Gasteiger charge is -2.15. The summed E-state index contributed by atoms with van der Waals surface area (Å²) in [5.74, 6) is 1.44. The third kappa shape index (κ3) is 5.62. The van der Waals surface area contributed by atoms with Crippen LogP contribution in [0.5, 0.6) is 11.5 Å². The van der Waals surface area contributed by atoms with E-state index in [4.69, 9.17) is 13.9 Å². The second-order valence-electron chi connectivity index (χ2n) is 8.57. The Morgan fingerprint density at radius 2 is 1.94 bits per heavy atom. The van der Waals surface area contributed by atoms with E-state index in [1.165, 1.54) is 0 Å². The van der Waals surface area contributed by atoms with Gasteiger partial charge >= 0.3 is 0 Å². The Labute approximate surface area is 211 Å². The number of furan rings is 1. The van der Waals surface area contributed by atoms with Crippen molar-refractivity contribution in [1.82, 2.24) is 14.9 Å². The largest absolute Gasteiger partial charge is 0.494 e. The van der Waals surface area contributed by atoms with Gasteiger partial charge in [0.05, 0.1) is 25.8 Å². The fourth-order valence-electron chi connectivity index (χ4n) is 4.28. The van der Waals surface area contributed by atoms with Crippen LogP contribution >= 0.6 is 0 Å². The molecule has 0 saturated carbocycles. The number of imidazole rings is 1. The number of aromatic nitrogens is 2. The summed E-state index contributed by atoms with van der Waals surface area (Å²) in [5.41, 5.74) is 5.41. The average Bonchev–Trinajstić information content (AvgIpc) is 3.54. The first-order valence-electron chi connectivity index (χ1n) is 12.3. The molecule has 4 aromatic rings. The molecule has 0 atom stereocenters. The molecule has 1 N–H and O–H groups in total. The minimum atomic E-state index is -0.128. The highest BCUT2D eigenvalue weighted by molar-refractivity contribution is 6.01. The number of aryl methyl sites for hydroxylation is 2. The molecule has 2 aromatic heterocycles. The van der Waals surface area contributed by atoms with Crippen LogP contribution in [-0.2, 0) is 11.3 Å². The Kier molecular flexibility index (Phi) is 8.10. The van der Waals surface area contributed by atoms with Gasteiger partial charge in [-0.2, -0.15) is 0 Å². The van der Waals surface area contributed by atoms with Crippen LogP contribution in [0.2, 0.25) is 0 Å². The molecule has 0 aliphatic rings. The third-order valence-corrected chi connectivity index (χ3v) is 6.03. The maximum Gasteiger partial charge on any atom is 0.244 e. The van der Waals surface area contributed by atoms with Crippen molar-refractivity contribution in [3.05, 3.63) is 72.5 Å². The topological polar surface area (TPSA) is 78.5 Å². The van der Waals surface area contributed by atoms with Gasteiger partial charge in [-0.05, 0) is 63.5 Å². The number of benzene rings is 2. The van der Waals surface area contributed by atoms with Gasteiger partial charge in [0.15, 0.2) is 0 Å². The maximum absolute atomic E-state index is 12.7. The molecule has 0 fully saturated rings. The molecular weight excluding hydrogens is 454 g/mol. The Bertz CT molecular complexity index is 1340. The summed E-state index contributed by atoms with van der Waals surface area (Å²) in [6, 6.07) is 10.0. The molecule has 4 rings (SSSR count). The number of allylic oxidation sites excluding steroid dienone is 1. The van der Waals surface area contributed by atoms with Gasteiger partial charge in [0, 0.05) is 53.6 Å². The van der Waals surface area contributed by atoms with E-state index in [9.17, 15) is 4.79 Å². The summed E-state index contributed by atoms with van der Waals surface area (Å²) in [6.07, 6.45) is 9.68. The van der Waals surface area contributed by atoms with E-state index in [1.807, 2.05) is 62.7 Å². The zero-order valence-electron chi connectivity index (χ0n) is 21.3. The van der Waals surface area contributed by atoms with Crippen LogP contribution in [-0.4, -0.2) is 35.2 Å². The second-order valence-corrected chi connectivity index (χ2v) is 8.57. The van der Waals surface area contributed by atoms with E-state index in [-0.39, 0.29) is 5.91 Å². The molecule has 2 aromatic carbocycles. The van der Waals surface area contributed by atoms with Crippen LogP contribution in [0.25, 0.3) is 27.7 Å². The highest BCUT2D eigenvalue weighted by Gasteiger charge is 2.19. The molecule has 0 aliphatic heterocycles. The first-order valence-corrected chi connectivity index (χ1v) is 12.3. The van der Waals surface area contributed by atoms with Crippen LogP contribution in [0.3, 0.4) is 0 Å². The molecule has 0 radical (unpaired) electrons. The average molecular weight is 488 g/mol. The van der Waals surface area contributed by atoms with Gasteiger partial charge in [0.2, 0.25) is 5.91 Å². The summed E-state index contributed by atoms with van der Waals surface area (Å²) in [5, 5.41) is 3.95. The molecule has 1 amide bonds. The quantitative estimate of drug-likeness (QED) is 0.207. The van der Waals surface area contributed by atoms with Crippen molar-refractivity contribution in [2.75, 3.05) is 19.8 Å². The highest BCUT2D eigenvalue weighted by atomic mass is 16.5. The molecular formula is C29H33N3O4. The van der Waals surface area contributed by atoms with E-state index in [1.54, 1.807) is 24.9 Å². The van der Waals surface area contributed by atoms with E-state index >= 15 is 0 Å². The van der Waals surface area contributed by atoms with Crippen molar-refractivity contribution in [3.8, 4) is 22.6 Å². The highest BCUT2D eigenvalue weighted by Crippen LogP contribution is 2.41. The van der Waals surface area contributed by atoms with Gasteiger partial charge in [-0.15, -0.1) is 0 Å². The molecule has 0 saturated heterocycles. The Balaban J connectivity index is 1.60. The predicted octanol–water partition coefficient (Wildman–Crippen LogP) is 6.01. The number of nitrogens with zero attached hydrogens (tertiary/aromatic N) is 2. The summed E-state index contributed by atoms with van der Waals surface area (Å²) < 4.78 is 19.6. The summed E-state index contributed by atoms with van der Waals surface area (Å²) >= 11 is 0. The third-order valence-electron chi connectivity index (χ3n) is 6.03. The summed E-state index contributed by atoms with van der Waals surface area (Å²) in [7, 11) is 0. The first-order chi connectivity index (χ1) is 17.5. The summed E-state index contributed by atoms with van der Waals surface area (Å²) in [4.78, 5) is 16.7. The van der Waals surface area contributed by atoms with Crippen molar-refractivity contribution >= 4 is 22.4 Å². The second kappa shape index (κ2) is 11.6. The fourth-order valence-corrected chi connectivity index (χ4v) is 4.28. The SMILES string of the molecule is CCOc1ccc(-c2coc3c(C)c(OCC)c(/C(C)=C/C(=O)NCCCn4ccnc4)cc23)cc1. The van der Waals surface area contributed by atoms with Crippen molar-refractivity contribution in [1.29, 1.82) is 0 Å². The molecule has 7 heteroatoms. The Hall–Kier alpha value is -4.00. The van der Waals surface area contributed by atoms with Crippen LogP contribution in [0.15, 0.2) is 65.8 Å². The molecule has 0 unspecified atom stereocenters.